The Morgan fingerprint density at radius 3 is 2.62 bits per heavy atom. The molecule has 0 aliphatic heterocycles. The fraction of sp³-hybridized carbons (Fsp3) is 0.462. The number of nitrogens with zero attached hydrogens (tertiary/aromatic N) is 4. The Morgan fingerprint density at radius 2 is 2.00 bits per heavy atom. The van der Waals surface area contributed by atoms with Gasteiger partial charge in [-0.1, -0.05) is 23.1 Å². The third-order valence-electron chi connectivity index (χ3n) is 3.34. The summed E-state index contributed by atoms with van der Waals surface area (Å²) in [6, 6.07) is 0. The maximum atomic E-state index is 12.7. The zero-order chi connectivity index (χ0) is 18.0. The highest BCUT2D eigenvalue weighted by Crippen LogP contribution is 2.30. The molecule has 11 heteroatoms. The van der Waals surface area contributed by atoms with Gasteiger partial charge in [-0.05, 0) is 13.8 Å². The van der Waals surface area contributed by atoms with Crippen LogP contribution in [0.4, 0.5) is 10.9 Å². The lowest BCUT2D eigenvalue weighted by Crippen LogP contribution is -2.42. The predicted octanol–water partition coefficient (Wildman–Crippen LogP) is 0.313. The first-order valence-electron chi connectivity index (χ1n) is 7.11. The van der Waals surface area contributed by atoms with Crippen molar-refractivity contribution in [2.75, 3.05) is 17.6 Å². The van der Waals surface area contributed by atoms with Gasteiger partial charge >= 0.3 is 5.69 Å². The molecule has 0 bridgehead atoms. The highest BCUT2D eigenvalue weighted by molar-refractivity contribution is 8.02. The lowest BCUT2D eigenvalue weighted by atomic mass is 10.1. The molecule has 0 fully saturated rings. The van der Waals surface area contributed by atoms with E-state index in [0.717, 1.165) is 15.7 Å². The highest BCUT2D eigenvalue weighted by Gasteiger charge is 2.26. The molecule has 9 nitrogen and oxygen atoms in total. The average molecular weight is 370 g/mol. The summed E-state index contributed by atoms with van der Waals surface area (Å²) in [6.07, 6.45) is 0. The van der Waals surface area contributed by atoms with Crippen LogP contribution in [0.15, 0.2) is 13.9 Å². The summed E-state index contributed by atoms with van der Waals surface area (Å²) in [5.74, 6) is -0.583. The van der Waals surface area contributed by atoms with E-state index in [1.54, 1.807) is 6.92 Å². The molecule has 0 aliphatic carbocycles. The molecule has 1 atom stereocenters. The molecule has 24 heavy (non-hydrogen) atoms. The summed E-state index contributed by atoms with van der Waals surface area (Å²) in [7, 11) is 2.73. The standard InChI is InChI=1S/C13H18N6O3S2/c1-5-15-11-16-17-12(24-11)23-6(2)8(20)7-9(14)18(3)13(22)19(4)10(7)21/h6H,5,14H2,1-4H3,(H,15,16). The van der Waals surface area contributed by atoms with Crippen molar-refractivity contribution >= 4 is 39.8 Å². The van der Waals surface area contributed by atoms with E-state index < -0.39 is 22.3 Å². The van der Waals surface area contributed by atoms with Crippen molar-refractivity contribution in [1.82, 2.24) is 19.3 Å². The smallest absolute Gasteiger partial charge is 0.332 e. The first kappa shape index (κ1) is 18.2. The van der Waals surface area contributed by atoms with E-state index in [0.29, 0.717) is 9.47 Å². The molecule has 0 amide bonds. The number of Topliss-reactive ketones (excluding diaryl/α,β-unsaturated/α-hetero) is 1. The van der Waals surface area contributed by atoms with Crippen LogP contribution in [-0.2, 0) is 14.1 Å². The number of nitrogens with one attached hydrogen (secondary N) is 1. The quantitative estimate of drug-likeness (QED) is 0.550. The summed E-state index contributed by atoms with van der Waals surface area (Å²) >= 11 is 2.51. The van der Waals surface area contributed by atoms with E-state index in [9.17, 15) is 14.4 Å². The van der Waals surface area contributed by atoms with Crippen LogP contribution >= 0.6 is 23.1 Å². The molecule has 2 rings (SSSR count). The maximum absolute atomic E-state index is 12.7. The third kappa shape index (κ3) is 3.36. The van der Waals surface area contributed by atoms with Crippen LogP contribution in [0.2, 0.25) is 0 Å². The monoisotopic (exact) mass is 370 g/mol. The number of nitrogen functional groups attached to an aromatic ring is 1. The van der Waals surface area contributed by atoms with Crippen molar-refractivity contribution in [1.29, 1.82) is 0 Å². The summed E-state index contributed by atoms with van der Waals surface area (Å²) < 4.78 is 2.56. The number of carbonyl (C=O) groups excluding carboxylic acids is 1. The Bertz CT molecular complexity index is 885. The topological polar surface area (TPSA) is 125 Å². The Balaban J connectivity index is 2.31. The molecule has 0 aromatic carbocycles. The molecule has 130 valence electrons. The number of thioether (sulfide) groups is 1. The number of carbonyl (C=O) groups is 1. The van der Waals surface area contributed by atoms with Gasteiger partial charge in [-0.15, -0.1) is 10.2 Å². The van der Waals surface area contributed by atoms with Crippen LogP contribution in [0.5, 0.6) is 0 Å². The molecular weight excluding hydrogens is 352 g/mol. The molecule has 0 saturated carbocycles. The average Bonchev–Trinajstić information content (AvgIpc) is 2.98. The molecule has 0 aliphatic rings. The van der Waals surface area contributed by atoms with Crippen LogP contribution in [0.25, 0.3) is 0 Å². The minimum atomic E-state index is -0.696. The molecule has 1 unspecified atom stereocenters. The molecule has 2 aromatic heterocycles. The lowest BCUT2D eigenvalue weighted by Gasteiger charge is -2.13. The Labute approximate surface area is 145 Å². The van der Waals surface area contributed by atoms with Crippen molar-refractivity contribution in [2.45, 2.75) is 23.4 Å². The fourth-order valence-electron chi connectivity index (χ4n) is 1.98. The fourth-order valence-corrected chi connectivity index (χ4v) is 4.00. The van der Waals surface area contributed by atoms with E-state index in [1.165, 1.54) is 37.2 Å². The predicted molar refractivity (Wildman–Crippen MR) is 95.1 cm³/mol. The SMILES string of the molecule is CCNc1nnc(SC(C)C(=O)c2c(N)n(C)c(=O)n(C)c2=O)s1. The number of hydrogen-bond donors (Lipinski definition) is 2. The molecular formula is C13H18N6O3S2. The van der Waals surface area contributed by atoms with Crippen molar-refractivity contribution in [3.8, 4) is 0 Å². The second-order valence-electron chi connectivity index (χ2n) is 4.99. The normalized spacial score (nSPS) is 12.2. The largest absolute Gasteiger partial charge is 0.384 e. The second kappa shape index (κ2) is 7.18. The van der Waals surface area contributed by atoms with Gasteiger partial charge in [0, 0.05) is 20.6 Å². The Morgan fingerprint density at radius 1 is 1.33 bits per heavy atom. The number of anilines is 2. The first-order valence-corrected chi connectivity index (χ1v) is 8.81. The van der Waals surface area contributed by atoms with Crippen molar-refractivity contribution in [3.63, 3.8) is 0 Å². The Kier molecular flexibility index (Phi) is 5.44. The number of ketones is 1. The minimum Gasteiger partial charge on any atom is -0.384 e. The second-order valence-corrected chi connectivity index (χ2v) is 7.56. The van der Waals surface area contributed by atoms with Crippen LogP contribution in [0.3, 0.4) is 0 Å². The number of rotatable bonds is 6. The van der Waals surface area contributed by atoms with E-state index in [1.807, 2.05) is 6.92 Å². The van der Waals surface area contributed by atoms with E-state index >= 15 is 0 Å². The summed E-state index contributed by atoms with van der Waals surface area (Å²) in [5, 5.41) is 11.1. The van der Waals surface area contributed by atoms with Crippen molar-refractivity contribution < 1.29 is 4.79 Å². The van der Waals surface area contributed by atoms with E-state index in [-0.39, 0.29) is 11.4 Å². The molecule has 2 heterocycles. The molecule has 0 saturated heterocycles. The minimum absolute atomic E-state index is 0.133. The zero-order valence-corrected chi connectivity index (χ0v) is 15.3. The van der Waals surface area contributed by atoms with Gasteiger partial charge in [0.05, 0.1) is 5.25 Å². The summed E-state index contributed by atoms with van der Waals surface area (Å²) in [6.45, 7) is 4.32. The number of aromatic nitrogens is 4. The van der Waals surface area contributed by atoms with Crippen LogP contribution in [-0.4, -0.2) is 36.9 Å². The Hall–Kier alpha value is -2.14. The molecule has 0 spiro atoms. The van der Waals surface area contributed by atoms with Gasteiger partial charge < -0.3 is 11.1 Å². The number of hydrogen-bond acceptors (Lipinski definition) is 9. The van der Waals surface area contributed by atoms with Gasteiger partial charge in [-0.3, -0.25) is 18.7 Å². The van der Waals surface area contributed by atoms with E-state index in [2.05, 4.69) is 15.5 Å². The third-order valence-corrected chi connectivity index (χ3v) is 5.40. The van der Waals surface area contributed by atoms with Gasteiger partial charge in [0.2, 0.25) is 5.13 Å². The van der Waals surface area contributed by atoms with Crippen LogP contribution in [0.1, 0.15) is 24.2 Å². The van der Waals surface area contributed by atoms with E-state index in [4.69, 9.17) is 5.73 Å². The number of nitrogens with two attached hydrogens (primary N) is 1. The van der Waals surface area contributed by atoms with Crippen molar-refractivity contribution in [3.05, 3.63) is 26.4 Å². The van der Waals surface area contributed by atoms with Crippen LogP contribution in [0, 0.1) is 0 Å². The summed E-state index contributed by atoms with van der Waals surface area (Å²) in [4.78, 5) is 36.7. The summed E-state index contributed by atoms with van der Waals surface area (Å²) in [5.41, 5.74) is 4.36. The molecule has 2 aromatic rings. The first-order chi connectivity index (χ1) is 11.3. The highest BCUT2D eigenvalue weighted by atomic mass is 32.2. The van der Waals surface area contributed by atoms with Crippen molar-refractivity contribution in [2.24, 2.45) is 14.1 Å². The zero-order valence-electron chi connectivity index (χ0n) is 13.7. The molecule has 0 radical (unpaired) electrons. The van der Waals surface area contributed by atoms with Gasteiger partial charge in [0.1, 0.15) is 11.4 Å². The van der Waals surface area contributed by atoms with Gasteiger partial charge in [-0.25, -0.2) is 4.79 Å². The van der Waals surface area contributed by atoms with Gasteiger partial charge in [0.25, 0.3) is 5.56 Å². The van der Waals surface area contributed by atoms with Gasteiger partial charge in [-0.2, -0.15) is 0 Å². The van der Waals surface area contributed by atoms with Crippen LogP contribution < -0.4 is 22.3 Å². The maximum Gasteiger partial charge on any atom is 0.332 e. The van der Waals surface area contributed by atoms with Gasteiger partial charge in [0.15, 0.2) is 10.1 Å². The lowest BCUT2D eigenvalue weighted by molar-refractivity contribution is 0.0992. The molecule has 3 N–H and O–H groups in total.